The van der Waals surface area contributed by atoms with Gasteiger partial charge < -0.3 is 14.4 Å². The minimum absolute atomic E-state index is 0.335. The largest absolute Gasteiger partial charge is 0.454 e. The molecule has 4 nitrogen and oxygen atoms in total. The number of rotatable bonds is 9. The molecular formula is C31H32N2O2. The molecule has 0 bridgehead atoms. The van der Waals surface area contributed by atoms with Crippen LogP contribution in [-0.2, 0) is 11.8 Å². The Kier molecular flexibility index (Phi) is 5.96. The Morgan fingerprint density at radius 3 is 2.17 bits per heavy atom. The summed E-state index contributed by atoms with van der Waals surface area (Å²) in [7, 11) is 0. The minimum Gasteiger partial charge on any atom is -0.454 e. The quantitative estimate of drug-likeness (QED) is 0.401. The van der Waals surface area contributed by atoms with Gasteiger partial charge in [0, 0.05) is 19.6 Å². The lowest BCUT2D eigenvalue weighted by molar-refractivity contribution is 0.174. The summed E-state index contributed by atoms with van der Waals surface area (Å²) in [6, 6.07) is 29.7. The van der Waals surface area contributed by atoms with Crippen molar-refractivity contribution in [3.05, 3.63) is 95.6 Å². The zero-order valence-electron chi connectivity index (χ0n) is 20.1. The summed E-state index contributed by atoms with van der Waals surface area (Å²) in [4.78, 5) is 2.63. The van der Waals surface area contributed by atoms with E-state index >= 15 is 0 Å². The van der Waals surface area contributed by atoms with Crippen LogP contribution < -0.4 is 9.47 Å². The highest BCUT2D eigenvalue weighted by Gasteiger charge is 2.54. The summed E-state index contributed by atoms with van der Waals surface area (Å²) in [5, 5.41) is 10.4. The van der Waals surface area contributed by atoms with E-state index in [0.717, 1.165) is 66.2 Å². The first-order valence-electron chi connectivity index (χ1n) is 12.9. The normalized spacial score (nSPS) is 22.5. The molecule has 0 radical (unpaired) electrons. The number of benzene rings is 3. The molecule has 0 amide bonds. The fourth-order valence-electron chi connectivity index (χ4n) is 6.42. The standard InChI is InChI=1S/C31H32N2O2/c32-21-31(24-8-3-1-4-9-24,25-10-5-2-6-11-25)16-7-12-26-27-19-33(20-28(26)27)17-15-23-13-14-29-30(18-23)35-22-34-29/h1-6,8-11,13-14,18,26-28H,7,12,15-17,19-20,22H2. The molecule has 4 heteroatoms. The average molecular weight is 465 g/mol. The SMILES string of the molecule is N#CC(CCCC1C2CN(CCc3ccc4c(c3)OCO4)CC12)(c1ccccc1)c1ccccc1. The number of nitriles is 1. The number of hydrogen-bond acceptors (Lipinski definition) is 4. The Labute approximate surface area is 208 Å². The van der Waals surface area contributed by atoms with E-state index in [4.69, 9.17) is 9.47 Å². The summed E-state index contributed by atoms with van der Waals surface area (Å²) in [5.74, 6) is 4.26. The predicted octanol–water partition coefficient (Wildman–Crippen LogP) is 5.82. The highest BCUT2D eigenvalue weighted by molar-refractivity contribution is 5.46. The number of ether oxygens (including phenoxy) is 2. The Bertz CT molecular complexity index is 1150. The second kappa shape index (κ2) is 9.40. The monoisotopic (exact) mass is 464 g/mol. The molecule has 2 fully saturated rings. The molecule has 1 aliphatic carbocycles. The van der Waals surface area contributed by atoms with Gasteiger partial charge in [-0.1, -0.05) is 73.2 Å². The van der Waals surface area contributed by atoms with Gasteiger partial charge in [0.2, 0.25) is 6.79 Å². The van der Waals surface area contributed by atoms with Gasteiger partial charge in [-0.2, -0.15) is 5.26 Å². The van der Waals surface area contributed by atoms with Crippen molar-refractivity contribution < 1.29 is 9.47 Å². The molecular weight excluding hydrogens is 432 g/mol. The van der Waals surface area contributed by atoms with Crippen LogP contribution in [0.2, 0.25) is 0 Å². The van der Waals surface area contributed by atoms with Gasteiger partial charge in [0.1, 0.15) is 5.41 Å². The van der Waals surface area contributed by atoms with Crippen molar-refractivity contribution in [2.45, 2.75) is 31.1 Å². The van der Waals surface area contributed by atoms with Crippen LogP contribution in [0.1, 0.15) is 36.0 Å². The highest BCUT2D eigenvalue weighted by Crippen LogP contribution is 2.54. The maximum absolute atomic E-state index is 10.4. The first-order chi connectivity index (χ1) is 17.3. The fraction of sp³-hybridized carbons (Fsp3) is 0.387. The molecule has 0 N–H and O–H groups in total. The molecule has 6 rings (SSSR count). The molecule has 2 unspecified atom stereocenters. The topological polar surface area (TPSA) is 45.5 Å². The Balaban J connectivity index is 1.02. The number of likely N-dealkylation sites (tertiary alicyclic amines) is 1. The number of piperidine rings is 1. The summed E-state index contributed by atoms with van der Waals surface area (Å²) in [5.41, 5.74) is 2.98. The maximum Gasteiger partial charge on any atom is 0.231 e. The third-order valence-corrected chi connectivity index (χ3v) is 8.41. The van der Waals surface area contributed by atoms with Crippen LogP contribution in [0.5, 0.6) is 11.5 Å². The van der Waals surface area contributed by atoms with Gasteiger partial charge in [-0.05, 0) is 65.8 Å². The van der Waals surface area contributed by atoms with E-state index < -0.39 is 5.41 Å². The van der Waals surface area contributed by atoms with E-state index in [1.807, 2.05) is 42.5 Å². The van der Waals surface area contributed by atoms with Crippen molar-refractivity contribution >= 4 is 0 Å². The van der Waals surface area contributed by atoms with Crippen molar-refractivity contribution in [1.29, 1.82) is 5.26 Å². The Morgan fingerprint density at radius 1 is 0.857 bits per heavy atom. The van der Waals surface area contributed by atoms with Crippen LogP contribution in [0.3, 0.4) is 0 Å². The molecule has 0 aromatic heterocycles. The van der Waals surface area contributed by atoms with Gasteiger partial charge in [0.05, 0.1) is 6.07 Å². The van der Waals surface area contributed by atoms with Crippen molar-refractivity contribution in [2.24, 2.45) is 17.8 Å². The summed E-state index contributed by atoms with van der Waals surface area (Å²) >= 11 is 0. The molecule has 1 saturated carbocycles. The zero-order chi connectivity index (χ0) is 23.7. The van der Waals surface area contributed by atoms with Gasteiger partial charge >= 0.3 is 0 Å². The molecule has 3 aromatic carbocycles. The van der Waals surface area contributed by atoms with Crippen LogP contribution >= 0.6 is 0 Å². The van der Waals surface area contributed by atoms with Crippen molar-refractivity contribution in [3.63, 3.8) is 0 Å². The molecule has 0 spiro atoms. The first kappa shape index (κ1) is 22.2. The van der Waals surface area contributed by atoms with Crippen LogP contribution in [-0.4, -0.2) is 31.3 Å². The number of fused-ring (bicyclic) bond motifs is 2. The van der Waals surface area contributed by atoms with Crippen molar-refractivity contribution in [1.82, 2.24) is 4.90 Å². The molecule has 1 saturated heterocycles. The van der Waals surface area contributed by atoms with Gasteiger partial charge in [-0.3, -0.25) is 0 Å². The summed E-state index contributed by atoms with van der Waals surface area (Å²) in [6.07, 6.45) is 4.25. The van der Waals surface area contributed by atoms with E-state index in [1.165, 1.54) is 25.1 Å². The Morgan fingerprint density at radius 2 is 1.51 bits per heavy atom. The summed E-state index contributed by atoms with van der Waals surface area (Å²) in [6.45, 7) is 3.89. The third kappa shape index (κ3) is 4.30. The van der Waals surface area contributed by atoms with Crippen LogP contribution in [0.25, 0.3) is 0 Å². The maximum atomic E-state index is 10.4. The minimum atomic E-state index is -0.566. The van der Waals surface area contributed by atoms with E-state index in [9.17, 15) is 5.26 Å². The van der Waals surface area contributed by atoms with Crippen LogP contribution in [0.4, 0.5) is 0 Å². The second-order valence-electron chi connectivity index (χ2n) is 10.3. The Hall–Kier alpha value is -3.29. The van der Waals surface area contributed by atoms with E-state index in [-0.39, 0.29) is 0 Å². The molecule has 3 aromatic rings. The van der Waals surface area contributed by atoms with Gasteiger partial charge in [0.15, 0.2) is 11.5 Å². The highest BCUT2D eigenvalue weighted by atomic mass is 16.7. The molecule has 2 aliphatic heterocycles. The second-order valence-corrected chi connectivity index (χ2v) is 10.3. The van der Waals surface area contributed by atoms with E-state index in [1.54, 1.807) is 0 Å². The molecule has 35 heavy (non-hydrogen) atoms. The van der Waals surface area contributed by atoms with E-state index in [0.29, 0.717) is 6.79 Å². The lowest BCUT2D eigenvalue weighted by Crippen LogP contribution is -2.27. The number of nitrogens with zero attached hydrogens (tertiary/aromatic N) is 2. The predicted molar refractivity (Wildman–Crippen MR) is 136 cm³/mol. The molecule has 3 aliphatic rings. The van der Waals surface area contributed by atoms with Crippen molar-refractivity contribution in [3.8, 4) is 17.6 Å². The van der Waals surface area contributed by atoms with Crippen molar-refractivity contribution in [2.75, 3.05) is 26.4 Å². The van der Waals surface area contributed by atoms with Crippen LogP contribution in [0, 0.1) is 29.1 Å². The van der Waals surface area contributed by atoms with E-state index in [2.05, 4.69) is 47.4 Å². The smallest absolute Gasteiger partial charge is 0.231 e. The van der Waals surface area contributed by atoms with Crippen LogP contribution in [0.15, 0.2) is 78.9 Å². The van der Waals surface area contributed by atoms with Gasteiger partial charge in [-0.15, -0.1) is 0 Å². The van der Waals surface area contributed by atoms with Gasteiger partial charge in [-0.25, -0.2) is 0 Å². The average Bonchev–Trinajstić information content (AvgIpc) is 3.24. The molecule has 2 heterocycles. The fourth-order valence-corrected chi connectivity index (χ4v) is 6.42. The molecule has 178 valence electrons. The molecule has 2 atom stereocenters. The zero-order valence-corrected chi connectivity index (χ0v) is 20.1. The third-order valence-electron chi connectivity index (χ3n) is 8.41. The van der Waals surface area contributed by atoms with Gasteiger partial charge in [0.25, 0.3) is 0 Å². The summed E-state index contributed by atoms with van der Waals surface area (Å²) < 4.78 is 10.9. The lowest BCUT2D eigenvalue weighted by atomic mass is 9.72. The first-order valence-corrected chi connectivity index (χ1v) is 12.9. The number of hydrogen-bond donors (Lipinski definition) is 0. The lowest BCUT2D eigenvalue weighted by Gasteiger charge is -2.28.